The van der Waals surface area contributed by atoms with Crippen LogP contribution >= 0.6 is 0 Å². The molecule has 0 fully saturated rings. The molecule has 1 heterocycles. The second-order valence-electron chi connectivity index (χ2n) is 4.80. The van der Waals surface area contributed by atoms with Gasteiger partial charge >= 0.3 is 0 Å². The van der Waals surface area contributed by atoms with Gasteiger partial charge in [0.1, 0.15) is 0 Å². The van der Waals surface area contributed by atoms with Gasteiger partial charge in [-0.1, -0.05) is 6.92 Å². The van der Waals surface area contributed by atoms with E-state index < -0.39 is 5.60 Å². The van der Waals surface area contributed by atoms with E-state index in [1.54, 1.807) is 6.92 Å². The van der Waals surface area contributed by atoms with E-state index in [2.05, 4.69) is 24.3 Å². The highest BCUT2D eigenvalue weighted by molar-refractivity contribution is 4.99. The Hall–Kier alpha value is -0.910. The molecule has 0 bridgehead atoms. The van der Waals surface area contributed by atoms with Crippen LogP contribution in [0, 0.1) is 0 Å². The molecule has 17 heavy (non-hydrogen) atoms. The Labute approximate surface area is 102 Å². The minimum absolute atomic E-state index is 0.249. The molecule has 0 aromatic carbocycles. The first kappa shape index (κ1) is 14.2. The van der Waals surface area contributed by atoms with Crippen LogP contribution in [-0.4, -0.2) is 38.7 Å². The van der Waals surface area contributed by atoms with Crippen LogP contribution in [0.3, 0.4) is 0 Å². The lowest BCUT2D eigenvalue weighted by atomic mass is 10.1. The second-order valence-corrected chi connectivity index (χ2v) is 4.80. The third-order valence-corrected chi connectivity index (χ3v) is 2.86. The summed E-state index contributed by atoms with van der Waals surface area (Å²) in [5, 5.41) is 26.0. The number of nitrogens with zero attached hydrogens (tertiary/aromatic N) is 2. The number of rotatable bonds is 7. The van der Waals surface area contributed by atoms with Crippen molar-refractivity contribution in [2.75, 3.05) is 13.2 Å². The summed E-state index contributed by atoms with van der Waals surface area (Å²) in [6.07, 6.45) is 3.02. The lowest BCUT2D eigenvalue weighted by molar-refractivity contribution is 0.00248. The van der Waals surface area contributed by atoms with Gasteiger partial charge in [-0.3, -0.25) is 4.68 Å². The molecule has 2 atom stereocenters. The minimum Gasteiger partial charge on any atom is -0.393 e. The van der Waals surface area contributed by atoms with E-state index in [0.29, 0.717) is 19.1 Å². The maximum Gasteiger partial charge on any atom is 0.0972 e. The Morgan fingerprint density at radius 1 is 1.59 bits per heavy atom. The van der Waals surface area contributed by atoms with E-state index in [-0.39, 0.29) is 6.61 Å². The Balaban J connectivity index is 2.40. The maximum absolute atomic E-state index is 9.59. The zero-order valence-electron chi connectivity index (χ0n) is 10.8. The van der Waals surface area contributed by atoms with Crippen molar-refractivity contribution in [3.05, 3.63) is 18.0 Å². The zero-order chi connectivity index (χ0) is 12.9. The van der Waals surface area contributed by atoms with Crippen LogP contribution in [0.1, 0.15) is 38.9 Å². The normalized spacial score (nSPS) is 16.8. The van der Waals surface area contributed by atoms with E-state index in [0.717, 1.165) is 12.1 Å². The molecule has 0 saturated heterocycles. The van der Waals surface area contributed by atoms with Gasteiger partial charge in [-0.25, -0.2) is 0 Å². The van der Waals surface area contributed by atoms with Crippen LogP contribution in [0.15, 0.2) is 12.3 Å². The lowest BCUT2D eigenvalue weighted by Gasteiger charge is -2.20. The molecule has 0 saturated carbocycles. The Kier molecular flexibility index (Phi) is 5.11. The molecule has 5 heteroatoms. The molecule has 0 radical (unpaired) electrons. The SMILES string of the molecule is CCC(C)n1ccc(CNCC(C)(O)CO)n1. The van der Waals surface area contributed by atoms with Crippen LogP contribution in [0.4, 0.5) is 0 Å². The number of hydrogen-bond donors (Lipinski definition) is 3. The van der Waals surface area contributed by atoms with E-state index in [9.17, 15) is 5.11 Å². The van der Waals surface area contributed by atoms with Crippen LogP contribution < -0.4 is 5.32 Å². The number of aliphatic hydroxyl groups excluding tert-OH is 1. The molecule has 0 spiro atoms. The van der Waals surface area contributed by atoms with Crippen molar-refractivity contribution >= 4 is 0 Å². The van der Waals surface area contributed by atoms with Gasteiger partial charge < -0.3 is 15.5 Å². The van der Waals surface area contributed by atoms with Crippen molar-refractivity contribution in [2.45, 2.75) is 45.4 Å². The van der Waals surface area contributed by atoms with Crippen molar-refractivity contribution in [3.63, 3.8) is 0 Å². The van der Waals surface area contributed by atoms with E-state index >= 15 is 0 Å². The molecule has 0 aliphatic heterocycles. The van der Waals surface area contributed by atoms with E-state index in [1.807, 2.05) is 16.9 Å². The van der Waals surface area contributed by atoms with Gasteiger partial charge in [0.15, 0.2) is 0 Å². The molecule has 1 rings (SSSR count). The van der Waals surface area contributed by atoms with E-state index in [1.165, 1.54) is 0 Å². The van der Waals surface area contributed by atoms with Crippen molar-refractivity contribution in [1.82, 2.24) is 15.1 Å². The van der Waals surface area contributed by atoms with Crippen LogP contribution in [0.25, 0.3) is 0 Å². The average molecular weight is 241 g/mol. The lowest BCUT2D eigenvalue weighted by Crippen LogP contribution is -2.40. The topological polar surface area (TPSA) is 70.3 Å². The average Bonchev–Trinajstić information content (AvgIpc) is 2.76. The summed E-state index contributed by atoms with van der Waals surface area (Å²) in [6.45, 7) is 6.54. The summed E-state index contributed by atoms with van der Waals surface area (Å²) in [7, 11) is 0. The fraction of sp³-hybridized carbons (Fsp3) is 0.750. The second kappa shape index (κ2) is 6.14. The number of aliphatic hydroxyl groups is 2. The third-order valence-electron chi connectivity index (χ3n) is 2.86. The minimum atomic E-state index is -1.07. The molecule has 98 valence electrons. The summed E-state index contributed by atoms with van der Waals surface area (Å²) in [5.74, 6) is 0. The predicted octanol–water partition coefficient (Wildman–Crippen LogP) is 0.687. The first-order valence-corrected chi connectivity index (χ1v) is 6.06. The van der Waals surface area contributed by atoms with Crippen molar-refractivity contribution in [2.24, 2.45) is 0 Å². The smallest absolute Gasteiger partial charge is 0.0972 e. The summed E-state index contributed by atoms with van der Waals surface area (Å²) >= 11 is 0. The van der Waals surface area contributed by atoms with Crippen LogP contribution in [0.5, 0.6) is 0 Å². The molecule has 3 N–H and O–H groups in total. The number of nitrogens with one attached hydrogen (secondary N) is 1. The van der Waals surface area contributed by atoms with Crippen molar-refractivity contribution in [1.29, 1.82) is 0 Å². The van der Waals surface area contributed by atoms with Crippen LogP contribution in [-0.2, 0) is 6.54 Å². The number of aromatic nitrogens is 2. The third kappa shape index (κ3) is 4.46. The molecular formula is C12H23N3O2. The van der Waals surface area contributed by atoms with E-state index in [4.69, 9.17) is 5.11 Å². The summed E-state index contributed by atoms with van der Waals surface area (Å²) in [6, 6.07) is 2.37. The molecule has 1 aromatic rings. The van der Waals surface area contributed by atoms with Gasteiger partial charge in [0, 0.05) is 25.3 Å². The Bertz CT molecular complexity index is 336. The maximum atomic E-state index is 9.59. The molecular weight excluding hydrogens is 218 g/mol. The van der Waals surface area contributed by atoms with Gasteiger partial charge in [-0.05, 0) is 26.3 Å². The van der Waals surface area contributed by atoms with Gasteiger partial charge in [0.2, 0.25) is 0 Å². The molecule has 0 amide bonds. The standard InChI is InChI=1S/C12H23N3O2/c1-4-10(2)15-6-5-11(14-15)7-13-8-12(3,17)9-16/h5-6,10,13,16-17H,4,7-9H2,1-3H3. The molecule has 0 aliphatic carbocycles. The summed E-state index contributed by atoms with van der Waals surface area (Å²) in [5.41, 5.74) is -0.127. The largest absolute Gasteiger partial charge is 0.393 e. The predicted molar refractivity (Wildman–Crippen MR) is 66.6 cm³/mol. The molecule has 2 unspecified atom stereocenters. The Morgan fingerprint density at radius 2 is 2.29 bits per heavy atom. The molecule has 5 nitrogen and oxygen atoms in total. The van der Waals surface area contributed by atoms with Crippen LogP contribution in [0.2, 0.25) is 0 Å². The van der Waals surface area contributed by atoms with Crippen molar-refractivity contribution in [3.8, 4) is 0 Å². The zero-order valence-corrected chi connectivity index (χ0v) is 10.8. The van der Waals surface area contributed by atoms with Gasteiger partial charge in [0.25, 0.3) is 0 Å². The first-order valence-electron chi connectivity index (χ1n) is 6.06. The highest BCUT2D eigenvalue weighted by Gasteiger charge is 2.18. The highest BCUT2D eigenvalue weighted by Crippen LogP contribution is 2.09. The Morgan fingerprint density at radius 3 is 2.88 bits per heavy atom. The summed E-state index contributed by atoms with van der Waals surface area (Å²) < 4.78 is 1.95. The highest BCUT2D eigenvalue weighted by atomic mass is 16.3. The fourth-order valence-corrected chi connectivity index (χ4v) is 1.42. The molecule has 1 aromatic heterocycles. The fourth-order valence-electron chi connectivity index (χ4n) is 1.42. The van der Waals surface area contributed by atoms with Gasteiger partial charge in [-0.15, -0.1) is 0 Å². The van der Waals surface area contributed by atoms with Gasteiger partial charge in [-0.2, -0.15) is 5.10 Å². The summed E-state index contributed by atoms with van der Waals surface area (Å²) in [4.78, 5) is 0. The monoisotopic (exact) mass is 241 g/mol. The van der Waals surface area contributed by atoms with Crippen molar-refractivity contribution < 1.29 is 10.2 Å². The first-order chi connectivity index (χ1) is 7.98. The quantitative estimate of drug-likeness (QED) is 0.657. The van der Waals surface area contributed by atoms with Gasteiger partial charge in [0.05, 0.1) is 17.9 Å². The number of hydrogen-bond acceptors (Lipinski definition) is 4. The molecule has 0 aliphatic rings.